The molecule has 4 rings (SSSR count). The van der Waals surface area contributed by atoms with Gasteiger partial charge >= 0.3 is 0 Å². The van der Waals surface area contributed by atoms with Gasteiger partial charge in [0.15, 0.2) is 0 Å². The van der Waals surface area contributed by atoms with Crippen LogP contribution in [0.25, 0.3) is 0 Å². The van der Waals surface area contributed by atoms with Crippen molar-refractivity contribution in [1.82, 2.24) is 9.88 Å². The van der Waals surface area contributed by atoms with Crippen molar-refractivity contribution in [1.29, 1.82) is 0 Å². The van der Waals surface area contributed by atoms with E-state index in [4.69, 9.17) is 4.74 Å². The van der Waals surface area contributed by atoms with E-state index >= 15 is 0 Å². The number of likely N-dealkylation sites (tertiary alicyclic amines) is 1. The second-order valence-electron chi connectivity index (χ2n) is 9.36. The fraction of sp³-hybridized carbons (Fsp3) is 0.560. The van der Waals surface area contributed by atoms with Crippen LogP contribution in [-0.2, 0) is 16.8 Å². The third kappa shape index (κ3) is 3.86. The Balaban J connectivity index is 1.69. The monoisotopic (exact) mass is 409 g/mol. The molecule has 0 saturated carbocycles. The summed E-state index contributed by atoms with van der Waals surface area (Å²) in [6.45, 7) is 6.81. The molecule has 5 heteroatoms. The highest BCUT2D eigenvalue weighted by Gasteiger charge is 2.55. The van der Waals surface area contributed by atoms with E-state index in [-0.39, 0.29) is 5.41 Å². The molecule has 30 heavy (non-hydrogen) atoms. The Bertz CT molecular complexity index is 842. The number of methoxy groups -OCH3 is 1. The molecular weight excluding hydrogens is 374 g/mol. The summed E-state index contributed by atoms with van der Waals surface area (Å²) in [5.74, 6) is 0. The first-order valence-electron chi connectivity index (χ1n) is 11.2. The molecule has 1 N–H and O–H groups in total. The van der Waals surface area contributed by atoms with E-state index in [2.05, 4.69) is 59.1 Å². The number of benzene rings is 1. The number of nitrogens with zero attached hydrogens (tertiary/aromatic N) is 3. The molecule has 0 bridgehead atoms. The Morgan fingerprint density at radius 2 is 1.80 bits per heavy atom. The first-order valence-corrected chi connectivity index (χ1v) is 11.2. The van der Waals surface area contributed by atoms with Gasteiger partial charge in [0, 0.05) is 57.1 Å². The van der Waals surface area contributed by atoms with Gasteiger partial charge in [0.2, 0.25) is 0 Å². The van der Waals surface area contributed by atoms with E-state index in [9.17, 15) is 5.11 Å². The quantitative estimate of drug-likeness (QED) is 0.677. The summed E-state index contributed by atoms with van der Waals surface area (Å²) in [7, 11) is 3.85. The van der Waals surface area contributed by atoms with Crippen molar-refractivity contribution in [2.75, 3.05) is 51.8 Å². The molecule has 2 aromatic rings. The minimum Gasteiger partial charge on any atom is -0.385 e. The molecule has 0 spiro atoms. The summed E-state index contributed by atoms with van der Waals surface area (Å²) in [6.07, 6.45) is 8.23. The first-order chi connectivity index (χ1) is 14.5. The van der Waals surface area contributed by atoms with Crippen LogP contribution >= 0.6 is 0 Å². The molecule has 1 unspecified atom stereocenters. The van der Waals surface area contributed by atoms with E-state index in [0.29, 0.717) is 0 Å². The largest absolute Gasteiger partial charge is 0.385 e. The van der Waals surface area contributed by atoms with Crippen LogP contribution in [0.5, 0.6) is 0 Å². The maximum atomic E-state index is 12.3. The summed E-state index contributed by atoms with van der Waals surface area (Å²) >= 11 is 0. The van der Waals surface area contributed by atoms with Crippen LogP contribution in [-0.4, -0.2) is 61.9 Å². The van der Waals surface area contributed by atoms with Gasteiger partial charge in [-0.1, -0.05) is 31.2 Å². The van der Waals surface area contributed by atoms with Gasteiger partial charge in [-0.05, 0) is 49.9 Å². The van der Waals surface area contributed by atoms with Crippen LogP contribution in [0, 0.1) is 5.41 Å². The number of aliphatic hydroxyl groups is 1. The van der Waals surface area contributed by atoms with Crippen LogP contribution in [0.1, 0.15) is 42.9 Å². The molecule has 162 valence electrons. The van der Waals surface area contributed by atoms with Gasteiger partial charge in [0.05, 0.1) is 11.9 Å². The van der Waals surface area contributed by atoms with Crippen molar-refractivity contribution < 1.29 is 9.84 Å². The van der Waals surface area contributed by atoms with E-state index in [1.165, 1.54) is 18.4 Å². The molecule has 0 amide bonds. The standard InChI is InChI=1S/C25H35N3O2/c1-24(18-27(2)19-24)25(29,21-10-8-20(9-11-21)7-6-14-30-3)22-15-23(17-26-16-22)28-12-4-5-13-28/h8-11,15-17,29H,4-7,12-14,18-19H2,1-3H3. The van der Waals surface area contributed by atoms with Crippen LogP contribution < -0.4 is 4.90 Å². The molecule has 0 aliphatic carbocycles. The minimum absolute atomic E-state index is 0.259. The maximum absolute atomic E-state index is 12.3. The van der Waals surface area contributed by atoms with Crippen molar-refractivity contribution in [2.24, 2.45) is 5.41 Å². The predicted octanol–water partition coefficient (Wildman–Crippen LogP) is 3.45. The number of rotatable bonds is 8. The Morgan fingerprint density at radius 3 is 2.43 bits per heavy atom. The lowest BCUT2D eigenvalue weighted by molar-refractivity contribution is -0.127. The number of aryl methyl sites for hydroxylation is 1. The zero-order valence-electron chi connectivity index (χ0n) is 18.6. The number of anilines is 1. The lowest BCUT2D eigenvalue weighted by atomic mass is 9.62. The van der Waals surface area contributed by atoms with E-state index in [1.807, 2.05) is 12.4 Å². The fourth-order valence-electron chi connectivity index (χ4n) is 5.34. The average Bonchev–Trinajstić information content (AvgIpc) is 3.28. The summed E-state index contributed by atoms with van der Waals surface area (Å²) in [5, 5.41) is 12.3. The van der Waals surface area contributed by atoms with Gasteiger partial charge in [-0.2, -0.15) is 0 Å². The molecule has 1 aromatic carbocycles. The van der Waals surface area contributed by atoms with Crippen molar-refractivity contribution in [3.63, 3.8) is 0 Å². The predicted molar refractivity (Wildman–Crippen MR) is 121 cm³/mol. The van der Waals surface area contributed by atoms with Gasteiger partial charge in [-0.15, -0.1) is 0 Å². The number of pyridine rings is 1. The molecule has 1 aromatic heterocycles. The van der Waals surface area contributed by atoms with Crippen LogP contribution in [0.15, 0.2) is 42.7 Å². The van der Waals surface area contributed by atoms with Gasteiger partial charge < -0.3 is 19.6 Å². The van der Waals surface area contributed by atoms with Crippen molar-refractivity contribution in [3.05, 3.63) is 59.4 Å². The molecule has 5 nitrogen and oxygen atoms in total. The lowest BCUT2D eigenvalue weighted by Gasteiger charge is -2.56. The average molecular weight is 410 g/mol. The normalized spacial score (nSPS) is 20.7. The highest BCUT2D eigenvalue weighted by molar-refractivity contribution is 5.51. The highest BCUT2D eigenvalue weighted by Crippen LogP contribution is 2.50. The van der Waals surface area contributed by atoms with E-state index < -0.39 is 5.60 Å². The molecule has 3 heterocycles. The van der Waals surface area contributed by atoms with Crippen molar-refractivity contribution >= 4 is 5.69 Å². The zero-order chi connectivity index (χ0) is 21.2. The second-order valence-corrected chi connectivity index (χ2v) is 9.36. The Morgan fingerprint density at radius 1 is 1.10 bits per heavy atom. The van der Waals surface area contributed by atoms with Gasteiger partial charge in [-0.3, -0.25) is 4.98 Å². The molecule has 2 saturated heterocycles. The Hall–Kier alpha value is -1.95. The summed E-state index contributed by atoms with van der Waals surface area (Å²) in [5.41, 5.74) is 2.91. The minimum atomic E-state index is -1.08. The lowest BCUT2D eigenvalue weighted by Crippen LogP contribution is -2.63. The third-order valence-electron chi connectivity index (χ3n) is 6.91. The summed E-state index contributed by atoms with van der Waals surface area (Å²) < 4.78 is 5.17. The van der Waals surface area contributed by atoms with E-state index in [1.54, 1.807) is 7.11 Å². The smallest absolute Gasteiger partial charge is 0.124 e. The third-order valence-corrected chi connectivity index (χ3v) is 6.91. The first kappa shape index (κ1) is 21.3. The highest BCUT2D eigenvalue weighted by atomic mass is 16.5. The summed E-state index contributed by atoms with van der Waals surface area (Å²) in [6, 6.07) is 10.7. The molecular formula is C25H35N3O2. The summed E-state index contributed by atoms with van der Waals surface area (Å²) in [4.78, 5) is 9.20. The Kier molecular flexibility index (Phi) is 6.14. The zero-order valence-corrected chi connectivity index (χ0v) is 18.6. The van der Waals surface area contributed by atoms with Crippen molar-refractivity contribution in [2.45, 2.75) is 38.2 Å². The second kappa shape index (κ2) is 8.66. The van der Waals surface area contributed by atoms with Crippen LogP contribution in [0.4, 0.5) is 5.69 Å². The maximum Gasteiger partial charge on any atom is 0.124 e. The molecule has 2 aliphatic heterocycles. The molecule has 1 atom stereocenters. The SMILES string of the molecule is COCCCc1ccc(C(O)(c2cncc(N3CCCC3)c2)C2(C)CN(C)C2)cc1. The number of ether oxygens (including phenoxy) is 1. The molecule has 2 fully saturated rings. The molecule has 2 aliphatic rings. The van der Waals surface area contributed by atoms with Gasteiger partial charge in [-0.25, -0.2) is 0 Å². The fourth-order valence-corrected chi connectivity index (χ4v) is 5.34. The number of hydrogen-bond acceptors (Lipinski definition) is 5. The van der Waals surface area contributed by atoms with Gasteiger partial charge in [0.1, 0.15) is 5.60 Å². The topological polar surface area (TPSA) is 48.8 Å². The van der Waals surface area contributed by atoms with Gasteiger partial charge in [0.25, 0.3) is 0 Å². The molecule has 0 radical (unpaired) electrons. The van der Waals surface area contributed by atoms with Crippen LogP contribution in [0.3, 0.4) is 0 Å². The van der Waals surface area contributed by atoms with E-state index in [0.717, 1.165) is 62.4 Å². The van der Waals surface area contributed by atoms with Crippen LogP contribution in [0.2, 0.25) is 0 Å². The number of hydrogen-bond donors (Lipinski definition) is 1. The Labute approximate surface area is 180 Å². The van der Waals surface area contributed by atoms with Crippen molar-refractivity contribution in [3.8, 4) is 0 Å². The number of aromatic nitrogens is 1.